The van der Waals surface area contributed by atoms with Crippen LogP contribution in [0.3, 0.4) is 0 Å². The number of aryl methyl sites for hydroxylation is 1. The Morgan fingerprint density at radius 1 is 1.47 bits per heavy atom. The van der Waals surface area contributed by atoms with E-state index in [0.29, 0.717) is 24.0 Å². The Hall–Kier alpha value is -0.850. The van der Waals surface area contributed by atoms with Crippen molar-refractivity contribution in [3.8, 4) is 0 Å². The maximum Gasteiger partial charge on any atom is 0.246 e. The molecule has 2 N–H and O–H groups in total. The topological polar surface area (TPSA) is 76.5 Å². The fraction of sp³-hybridized carbons (Fsp3) is 0.692. The summed E-state index contributed by atoms with van der Waals surface area (Å²) in [5.74, 6) is 1.24. The smallest absolute Gasteiger partial charge is 0.246 e. The molecule has 0 radical (unpaired) electrons. The van der Waals surface area contributed by atoms with Crippen LogP contribution in [0.1, 0.15) is 38.2 Å². The molecule has 108 valence electrons. The van der Waals surface area contributed by atoms with Crippen LogP contribution in [0.5, 0.6) is 0 Å². The lowest BCUT2D eigenvalue weighted by atomic mass is 10.2. The highest BCUT2D eigenvalue weighted by molar-refractivity contribution is 7.89. The van der Waals surface area contributed by atoms with Gasteiger partial charge in [0.2, 0.25) is 10.0 Å². The molecule has 1 saturated carbocycles. The molecule has 1 heterocycles. The minimum Gasteiger partial charge on any atom is -0.464 e. The zero-order valence-electron chi connectivity index (χ0n) is 11.7. The van der Waals surface area contributed by atoms with Gasteiger partial charge < -0.3 is 10.2 Å². The maximum atomic E-state index is 12.7. The SMILES string of the molecule is Cc1oc(CN)cc1S(=O)(=O)N(CC(C)C)C1CC1. The first kappa shape index (κ1) is 14.6. The standard InChI is InChI=1S/C13H22N2O3S/c1-9(2)8-15(11-4-5-11)19(16,17)13-6-12(7-14)18-10(13)3/h6,9,11H,4-5,7-8,14H2,1-3H3. The zero-order chi connectivity index (χ0) is 14.2. The molecule has 0 bridgehead atoms. The largest absolute Gasteiger partial charge is 0.464 e. The molecular formula is C13H22N2O3S. The van der Waals surface area contributed by atoms with E-state index in [1.807, 2.05) is 13.8 Å². The molecule has 1 fully saturated rings. The number of hydrogen-bond acceptors (Lipinski definition) is 4. The number of rotatable bonds is 6. The molecule has 1 aliphatic rings. The number of furan rings is 1. The van der Waals surface area contributed by atoms with Gasteiger partial charge in [0.15, 0.2) is 0 Å². The fourth-order valence-corrected chi connectivity index (χ4v) is 4.21. The van der Waals surface area contributed by atoms with E-state index in [1.54, 1.807) is 17.3 Å². The van der Waals surface area contributed by atoms with Gasteiger partial charge in [-0.05, 0) is 25.7 Å². The number of nitrogens with two attached hydrogens (primary N) is 1. The summed E-state index contributed by atoms with van der Waals surface area (Å²) in [7, 11) is -3.47. The van der Waals surface area contributed by atoms with Crippen molar-refractivity contribution in [2.45, 2.75) is 51.1 Å². The first-order valence-corrected chi connectivity index (χ1v) is 8.11. The predicted octanol–water partition coefficient (Wildman–Crippen LogP) is 1.86. The maximum absolute atomic E-state index is 12.7. The zero-order valence-corrected chi connectivity index (χ0v) is 12.5. The quantitative estimate of drug-likeness (QED) is 0.866. The minimum atomic E-state index is -3.47. The van der Waals surface area contributed by atoms with E-state index < -0.39 is 10.0 Å². The second-order valence-corrected chi connectivity index (χ2v) is 7.40. The van der Waals surface area contributed by atoms with Gasteiger partial charge in [0.05, 0.1) is 6.54 Å². The summed E-state index contributed by atoms with van der Waals surface area (Å²) in [5, 5.41) is 0. The molecule has 2 rings (SSSR count). The van der Waals surface area contributed by atoms with Gasteiger partial charge in [-0.1, -0.05) is 13.8 Å². The Kier molecular flexibility index (Phi) is 4.03. The lowest BCUT2D eigenvalue weighted by Crippen LogP contribution is -2.36. The molecule has 0 spiro atoms. The van der Waals surface area contributed by atoms with Crippen molar-refractivity contribution >= 4 is 10.0 Å². The van der Waals surface area contributed by atoms with Crippen molar-refractivity contribution in [1.29, 1.82) is 0 Å². The molecule has 0 atom stereocenters. The van der Waals surface area contributed by atoms with Crippen LogP contribution in [0.2, 0.25) is 0 Å². The van der Waals surface area contributed by atoms with Crippen molar-refractivity contribution in [2.24, 2.45) is 11.7 Å². The highest BCUT2D eigenvalue weighted by atomic mass is 32.2. The van der Waals surface area contributed by atoms with Crippen LogP contribution >= 0.6 is 0 Å². The van der Waals surface area contributed by atoms with E-state index in [-0.39, 0.29) is 17.5 Å². The van der Waals surface area contributed by atoms with Crippen LogP contribution in [0.15, 0.2) is 15.4 Å². The van der Waals surface area contributed by atoms with Gasteiger partial charge in [-0.15, -0.1) is 0 Å². The molecule has 0 aliphatic heterocycles. The van der Waals surface area contributed by atoms with Gasteiger partial charge in [0.25, 0.3) is 0 Å². The van der Waals surface area contributed by atoms with E-state index in [9.17, 15) is 8.42 Å². The van der Waals surface area contributed by atoms with Crippen LogP contribution in [0, 0.1) is 12.8 Å². The summed E-state index contributed by atoms with van der Waals surface area (Å²) in [6, 6.07) is 1.71. The summed E-state index contributed by atoms with van der Waals surface area (Å²) in [4.78, 5) is 0.264. The third-order valence-corrected chi connectivity index (χ3v) is 5.24. The Labute approximate surface area is 114 Å². The lowest BCUT2D eigenvalue weighted by Gasteiger charge is -2.23. The predicted molar refractivity (Wildman–Crippen MR) is 73.1 cm³/mol. The van der Waals surface area contributed by atoms with E-state index in [4.69, 9.17) is 10.2 Å². The monoisotopic (exact) mass is 286 g/mol. The van der Waals surface area contributed by atoms with Gasteiger partial charge in [0.1, 0.15) is 16.4 Å². The molecule has 19 heavy (non-hydrogen) atoms. The third kappa shape index (κ3) is 3.01. The van der Waals surface area contributed by atoms with Crippen LogP contribution in [-0.4, -0.2) is 25.3 Å². The second kappa shape index (κ2) is 5.26. The van der Waals surface area contributed by atoms with Gasteiger partial charge >= 0.3 is 0 Å². The molecule has 1 aromatic heterocycles. The van der Waals surface area contributed by atoms with Crippen molar-refractivity contribution in [3.63, 3.8) is 0 Å². The minimum absolute atomic E-state index is 0.156. The summed E-state index contributed by atoms with van der Waals surface area (Å²) in [6.07, 6.45) is 1.90. The van der Waals surface area contributed by atoms with Crippen LogP contribution in [0.4, 0.5) is 0 Å². The summed E-state index contributed by atoms with van der Waals surface area (Å²) < 4.78 is 32.4. The van der Waals surface area contributed by atoms with Gasteiger partial charge in [-0.3, -0.25) is 0 Å². The van der Waals surface area contributed by atoms with E-state index in [1.165, 1.54) is 0 Å². The Morgan fingerprint density at radius 3 is 2.53 bits per heavy atom. The average molecular weight is 286 g/mol. The van der Waals surface area contributed by atoms with Gasteiger partial charge in [-0.25, -0.2) is 8.42 Å². The third-order valence-electron chi connectivity index (χ3n) is 3.21. The highest BCUT2D eigenvalue weighted by Crippen LogP contribution is 2.34. The fourth-order valence-electron chi connectivity index (χ4n) is 2.17. The van der Waals surface area contributed by atoms with Crippen LogP contribution < -0.4 is 5.73 Å². The average Bonchev–Trinajstić information content (AvgIpc) is 3.08. The molecule has 5 nitrogen and oxygen atoms in total. The molecule has 0 saturated heterocycles. The number of hydrogen-bond donors (Lipinski definition) is 1. The van der Waals surface area contributed by atoms with E-state index >= 15 is 0 Å². The van der Waals surface area contributed by atoms with Crippen molar-refractivity contribution in [2.75, 3.05) is 6.54 Å². The van der Waals surface area contributed by atoms with E-state index in [2.05, 4.69) is 0 Å². The van der Waals surface area contributed by atoms with E-state index in [0.717, 1.165) is 12.8 Å². The molecular weight excluding hydrogens is 264 g/mol. The highest BCUT2D eigenvalue weighted by Gasteiger charge is 2.39. The summed E-state index contributed by atoms with van der Waals surface area (Å²) in [5.41, 5.74) is 5.50. The lowest BCUT2D eigenvalue weighted by molar-refractivity contribution is 0.359. The first-order valence-electron chi connectivity index (χ1n) is 6.67. The van der Waals surface area contributed by atoms with Crippen molar-refractivity contribution in [1.82, 2.24) is 4.31 Å². The van der Waals surface area contributed by atoms with Gasteiger partial charge in [0, 0.05) is 18.7 Å². The van der Waals surface area contributed by atoms with Crippen molar-refractivity contribution in [3.05, 3.63) is 17.6 Å². The Bertz CT molecular complexity index is 544. The molecule has 0 aromatic carbocycles. The van der Waals surface area contributed by atoms with Crippen LogP contribution in [0.25, 0.3) is 0 Å². The molecule has 0 unspecified atom stereocenters. The first-order chi connectivity index (χ1) is 8.86. The molecule has 1 aliphatic carbocycles. The number of sulfonamides is 1. The summed E-state index contributed by atoms with van der Waals surface area (Å²) >= 11 is 0. The summed E-state index contributed by atoms with van der Waals surface area (Å²) in [6.45, 7) is 6.49. The normalized spacial score (nSPS) is 16.5. The second-order valence-electron chi connectivity index (χ2n) is 5.54. The Morgan fingerprint density at radius 2 is 2.11 bits per heavy atom. The van der Waals surface area contributed by atoms with Gasteiger partial charge in [-0.2, -0.15) is 4.31 Å². The number of nitrogens with zero attached hydrogens (tertiary/aromatic N) is 1. The van der Waals surface area contributed by atoms with Crippen molar-refractivity contribution < 1.29 is 12.8 Å². The van der Waals surface area contributed by atoms with Crippen LogP contribution in [-0.2, 0) is 16.6 Å². The molecule has 6 heteroatoms. The molecule has 1 aromatic rings. The molecule has 0 amide bonds. The Balaban J connectivity index is 2.35.